The van der Waals surface area contributed by atoms with E-state index in [4.69, 9.17) is 37.0 Å². The third-order valence-electron chi connectivity index (χ3n) is 18.1. The number of rotatable bonds is 75. The molecule has 0 aromatic carbocycles. The minimum atomic E-state index is -4.96. The lowest BCUT2D eigenvalue weighted by atomic mass is 9.99. The smallest absolute Gasteiger partial charge is 0.462 e. The highest BCUT2D eigenvalue weighted by Crippen LogP contribution is 2.45. The Kier molecular flexibility index (Phi) is 66.5. The molecule has 0 saturated carbocycles. The van der Waals surface area contributed by atoms with Crippen LogP contribution in [0, 0.1) is 11.8 Å². The molecule has 0 aromatic heterocycles. The van der Waals surface area contributed by atoms with E-state index in [1.54, 1.807) is 0 Å². The second-order valence-corrected chi connectivity index (χ2v) is 31.0. The molecule has 0 aromatic rings. The van der Waals surface area contributed by atoms with Crippen LogP contribution in [-0.2, 0) is 65.4 Å². The normalized spacial score (nSPS) is 14.3. The van der Waals surface area contributed by atoms with Crippen LogP contribution in [0.25, 0.3) is 0 Å². The van der Waals surface area contributed by atoms with Crippen molar-refractivity contribution in [2.24, 2.45) is 11.8 Å². The minimum absolute atomic E-state index is 0.103. The number of phosphoric ester groups is 2. The van der Waals surface area contributed by atoms with Crippen LogP contribution in [0.3, 0.4) is 0 Å². The van der Waals surface area contributed by atoms with Crippen LogP contribution in [-0.4, -0.2) is 96.7 Å². The molecule has 0 heterocycles. The molecule has 6 atom stereocenters. The summed E-state index contributed by atoms with van der Waals surface area (Å²) in [6.07, 6.45) is 55.7. The van der Waals surface area contributed by atoms with Crippen molar-refractivity contribution in [3.8, 4) is 0 Å². The SMILES string of the molecule is CCCCCCCCCCCCCCCCCCCCCC(=O)O[C@H](COC(=O)CCCCCCCCCCCCCCCCC(C)CC)COP(=O)(O)OC[C@@H](O)COP(=O)(O)OC[C@@H](COC(=O)CCCCCCCCCC)OC(=O)CCCCCCCCCC(C)C. The summed E-state index contributed by atoms with van der Waals surface area (Å²) in [5.74, 6) is -0.575. The standard InChI is InChI=1S/C76H148O17P2/c1-7-10-12-14-16-18-19-20-21-22-23-24-25-30-33-36-42-48-54-60-75(80)92-71(65-87-74(79)59-53-47-41-35-32-29-27-26-28-31-34-39-45-51-57-69(6)9-3)66-90-94(82,83)88-62-70(77)63-89-95(84,85)91-67-72(64-86-73(78)58-52-46-40-17-15-13-11-8-2)93-76(81)61-55-49-43-37-38-44-50-56-68(4)5/h68-72,77H,7-67H2,1-6H3,(H,82,83)(H,84,85)/t69?,70-,71-,72-/m1/s1. The summed E-state index contributed by atoms with van der Waals surface area (Å²) < 4.78 is 68.4. The lowest BCUT2D eigenvalue weighted by Gasteiger charge is -2.21. The van der Waals surface area contributed by atoms with Gasteiger partial charge in [-0.2, -0.15) is 0 Å². The lowest BCUT2D eigenvalue weighted by Crippen LogP contribution is -2.30. The van der Waals surface area contributed by atoms with Gasteiger partial charge in [-0.1, -0.05) is 343 Å². The van der Waals surface area contributed by atoms with Gasteiger partial charge in [0.2, 0.25) is 0 Å². The molecule has 0 rings (SSSR count). The van der Waals surface area contributed by atoms with Gasteiger partial charge < -0.3 is 33.8 Å². The largest absolute Gasteiger partial charge is 0.472 e. The van der Waals surface area contributed by atoms with Crippen LogP contribution in [0.4, 0.5) is 0 Å². The van der Waals surface area contributed by atoms with Crippen molar-refractivity contribution in [2.45, 2.75) is 413 Å². The first-order valence-corrected chi connectivity index (χ1v) is 42.5. The van der Waals surface area contributed by atoms with Crippen molar-refractivity contribution in [3.05, 3.63) is 0 Å². The van der Waals surface area contributed by atoms with Gasteiger partial charge >= 0.3 is 39.5 Å². The fourth-order valence-corrected chi connectivity index (χ4v) is 13.2. The molecule has 0 radical (unpaired) electrons. The Morgan fingerprint density at radius 2 is 0.537 bits per heavy atom. The van der Waals surface area contributed by atoms with E-state index in [0.717, 1.165) is 102 Å². The zero-order valence-corrected chi connectivity index (χ0v) is 63.8. The molecule has 0 aliphatic carbocycles. The number of carbonyl (C=O) groups excluding carboxylic acids is 4. The Bertz CT molecular complexity index is 1840. The maximum absolute atomic E-state index is 13.1. The van der Waals surface area contributed by atoms with Crippen molar-refractivity contribution in [3.63, 3.8) is 0 Å². The first-order valence-electron chi connectivity index (χ1n) is 39.5. The molecule has 3 N–H and O–H groups in total. The number of ether oxygens (including phenoxy) is 4. The Morgan fingerprint density at radius 3 is 0.800 bits per heavy atom. The molecular weight excluding hydrogens is 1250 g/mol. The highest BCUT2D eigenvalue weighted by atomic mass is 31.2. The predicted octanol–water partition coefficient (Wildman–Crippen LogP) is 22.3. The Labute approximate surface area is 581 Å². The zero-order valence-electron chi connectivity index (χ0n) is 62.0. The first kappa shape index (κ1) is 93.1. The van der Waals surface area contributed by atoms with E-state index in [9.17, 15) is 43.2 Å². The van der Waals surface area contributed by atoms with Crippen molar-refractivity contribution in [1.29, 1.82) is 0 Å². The summed E-state index contributed by atoms with van der Waals surface area (Å²) in [5, 5.41) is 10.6. The number of aliphatic hydroxyl groups excluding tert-OH is 1. The summed E-state index contributed by atoms with van der Waals surface area (Å²) in [5.41, 5.74) is 0. The topological polar surface area (TPSA) is 237 Å². The third-order valence-corrected chi connectivity index (χ3v) is 20.0. The van der Waals surface area contributed by atoms with Gasteiger partial charge in [0.1, 0.15) is 19.3 Å². The van der Waals surface area contributed by atoms with Gasteiger partial charge in [-0.3, -0.25) is 37.3 Å². The second kappa shape index (κ2) is 67.9. The van der Waals surface area contributed by atoms with Gasteiger partial charge in [-0.15, -0.1) is 0 Å². The molecule has 95 heavy (non-hydrogen) atoms. The minimum Gasteiger partial charge on any atom is -0.462 e. The molecule has 0 amide bonds. The molecule has 0 saturated heterocycles. The third kappa shape index (κ3) is 69.0. The monoisotopic (exact) mass is 1400 g/mol. The van der Waals surface area contributed by atoms with E-state index >= 15 is 0 Å². The van der Waals surface area contributed by atoms with Crippen LogP contribution < -0.4 is 0 Å². The van der Waals surface area contributed by atoms with Gasteiger partial charge in [-0.05, 0) is 37.5 Å². The van der Waals surface area contributed by atoms with Crippen LogP contribution in [0.2, 0.25) is 0 Å². The number of phosphoric acid groups is 2. The van der Waals surface area contributed by atoms with E-state index < -0.39 is 97.5 Å². The molecule has 0 spiro atoms. The van der Waals surface area contributed by atoms with E-state index in [0.29, 0.717) is 31.6 Å². The summed E-state index contributed by atoms with van der Waals surface area (Å²) >= 11 is 0. The van der Waals surface area contributed by atoms with Crippen LogP contribution in [0.15, 0.2) is 0 Å². The molecule has 17 nitrogen and oxygen atoms in total. The van der Waals surface area contributed by atoms with E-state index in [2.05, 4.69) is 41.5 Å². The summed E-state index contributed by atoms with van der Waals surface area (Å²) in [7, 11) is -9.91. The maximum Gasteiger partial charge on any atom is 0.472 e. The quantitative estimate of drug-likeness (QED) is 0.0222. The molecule has 0 bridgehead atoms. The van der Waals surface area contributed by atoms with Gasteiger partial charge in [0, 0.05) is 25.7 Å². The number of aliphatic hydroxyl groups is 1. The molecular formula is C76H148O17P2. The number of hydrogen-bond donors (Lipinski definition) is 3. The van der Waals surface area contributed by atoms with Crippen molar-refractivity contribution in [2.75, 3.05) is 39.6 Å². The molecule has 3 unspecified atom stereocenters. The van der Waals surface area contributed by atoms with Crippen LogP contribution in [0.1, 0.15) is 395 Å². The fraction of sp³-hybridized carbons (Fsp3) is 0.947. The molecule has 19 heteroatoms. The number of unbranched alkanes of at least 4 members (excludes halogenated alkanes) is 44. The number of carbonyl (C=O) groups is 4. The average molecular weight is 1400 g/mol. The Hall–Kier alpha value is -1.94. The van der Waals surface area contributed by atoms with E-state index in [-0.39, 0.29) is 25.7 Å². The van der Waals surface area contributed by atoms with Gasteiger partial charge in [0.05, 0.1) is 26.4 Å². The molecule has 0 aliphatic rings. The second-order valence-electron chi connectivity index (χ2n) is 28.1. The van der Waals surface area contributed by atoms with Crippen molar-refractivity contribution in [1.82, 2.24) is 0 Å². The number of hydrogen-bond acceptors (Lipinski definition) is 15. The maximum atomic E-state index is 13.1. The average Bonchev–Trinajstić information content (AvgIpc) is 1.97. The van der Waals surface area contributed by atoms with Gasteiger partial charge in [0.15, 0.2) is 12.2 Å². The summed E-state index contributed by atoms with van der Waals surface area (Å²) in [4.78, 5) is 72.7. The number of esters is 4. The Balaban J connectivity index is 5.19. The van der Waals surface area contributed by atoms with Gasteiger partial charge in [-0.25, -0.2) is 9.13 Å². The Morgan fingerprint density at radius 1 is 0.305 bits per heavy atom. The van der Waals surface area contributed by atoms with Crippen molar-refractivity contribution < 1.29 is 80.2 Å². The zero-order chi connectivity index (χ0) is 70.0. The molecule has 0 fully saturated rings. The first-order chi connectivity index (χ1) is 45.9. The highest BCUT2D eigenvalue weighted by molar-refractivity contribution is 7.47. The predicted molar refractivity (Wildman–Crippen MR) is 386 cm³/mol. The molecule has 564 valence electrons. The molecule has 0 aliphatic heterocycles. The highest BCUT2D eigenvalue weighted by Gasteiger charge is 2.30. The summed E-state index contributed by atoms with van der Waals surface area (Å²) in [6, 6.07) is 0. The van der Waals surface area contributed by atoms with E-state index in [1.807, 2.05) is 0 Å². The summed E-state index contributed by atoms with van der Waals surface area (Å²) in [6.45, 7) is 9.56. The van der Waals surface area contributed by atoms with Crippen LogP contribution in [0.5, 0.6) is 0 Å². The van der Waals surface area contributed by atoms with Crippen molar-refractivity contribution >= 4 is 39.5 Å². The van der Waals surface area contributed by atoms with Crippen LogP contribution >= 0.6 is 15.6 Å². The van der Waals surface area contributed by atoms with Gasteiger partial charge in [0.25, 0.3) is 0 Å². The fourth-order valence-electron chi connectivity index (χ4n) is 11.6. The van der Waals surface area contributed by atoms with E-state index in [1.165, 1.54) is 205 Å². The lowest BCUT2D eigenvalue weighted by molar-refractivity contribution is -0.161.